The number of carbonyl (C=O) groups excluding carboxylic acids is 1. The molecule has 0 bridgehead atoms. The molecule has 0 fully saturated rings. The molecule has 0 saturated carbocycles. The summed E-state index contributed by atoms with van der Waals surface area (Å²) in [5, 5.41) is 8.92. The van der Waals surface area contributed by atoms with Crippen LogP contribution in [-0.2, 0) is 14.3 Å². The van der Waals surface area contributed by atoms with Crippen LogP contribution >= 0.6 is 0 Å². The number of aliphatic hydroxyl groups excluding tert-OH is 1. The molecule has 4 nitrogen and oxygen atoms in total. The van der Waals surface area contributed by atoms with Gasteiger partial charge >= 0.3 is 5.97 Å². The fourth-order valence-electron chi connectivity index (χ4n) is 2.74. The maximum Gasteiger partial charge on any atom is 0.305 e. The van der Waals surface area contributed by atoms with Gasteiger partial charge in [0.1, 0.15) is 12.7 Å². The van der Waals surface area contributed by atoms with E-state index in [1.54, 1.807) is 0 Å². The number of hydrogen-bond donors (Lipinski definition) is 1. The molecular formula is C20H40O4. The van der Waals surface area contributed by atoms with Gasteiger partial charge in [0, 0.05) is 13.5 Å². The lowest BCUT2D eigenvalue weighted by atomic mass is 10.0. The fourth-order valence-corrected chi connectivity index (χ4v) is 2.74. The molecule has 0 amide bonds. The van der Waals surface area contributed by atoms with Gasteiger partial charge in [-0.2, -0.15) is 0 Å². The molecule has 4 heteroatoms. The highest BCUT2D eigenvalue weighted by Crippen LogP contribution is 2.13. The van der Waals surface area contributed by atoms with Crippen LogP contribution in [-0.4, -0.2) is 37.5 Å². The highest BCUT2D eigenvalue weighted by molar-refractivity contribution is 5.69. The fraction of sp³-hybridized carbons (Fsp3) is 0.950. The van der Waals surface area contributed by atoms with Crippen LogP contribution in [0.3, 0.4) is 0 Å². The van der Waals surface area contributed by atoms with Gasteiger partial charge in [-0.05, 0) is 6.42 Å². The molecule has 0 saturated heterocycles. The average Bonchev–Trinajstić information content (AvgIpc) is 2.60. The molecular weight excluding hydrogens is 304 g/mol. The van der Waals surface area contributed by atoms with Crippen molar-refractivity contribution in [2.24, 2.45) is 0 Å². The Morgan fingerprint density at radius 1 is 0.833 bits per heavy atom. The standard InChI is InChI=1S/C20H40O4/c1-3-4-5-6-7-8-9-10-11-12-13-14-15-16-20(22)24-18-19(17-21)23-2/h19,21H,3-18H2,1-2H3. The van der Waals surface area contributed by atoms with Crippen LogP contribution in [0.4, 0.5) is 0 Å². The molecule has 1 atom stereocenters. The van der Waals surface area contributed by atoms with E-state index in [-0.39, 0.29) is 19.2 Å². The van der Waals surface area contributed by atoms with E-state index in [1.807, 2.05) is 0 Å². The summed E-state index contributed by atoms with van der Waals surface area (Å²) in [6.45, 7) is 2.28. The molecule has 0 aromatic carbocycles. The minimum atomic E-state index is -0.402. The Bertz CT molecular complexity index is 264. The van der Waals surface area contributed by atoms with Crippen LogP contribution in [0.2, 0.25) is 0 Å². The Hall–Kier alpha value is -0.610. The molecule has 0 aliphatic carbocycles. The zero-order valence-electron chi connectivity index (χ0n) is 16.1. The van der Waals surface area contributed by atoms with E-state index in [9.17, 15) is 4.79 Å². The number of methoxy groups -OCH3 is 1. The molecule has 0 aromatic heterocycles. The minimum absolute atomic E-state index is 0.123. The predicted octanol–water partition coefficient (Wildman–Crippen LogP) is 5.02. The van der Waals surface area contributed by atoms with Crippen molar-refractivity contribution in [1.82, 2.24) is 0 Å². The molecule has 0 radical (unpaired) electrons. The third kappa shape index (κ3) is 16.3. The van der Waals surface area contributed by atoms with Crippen molar-refractivity contribution in [1.29, 1.82) is 0 Å². The Morgan fingerprint density at radius 3 is 1.71 bits per heavy atom. The minimum Gasteiger partial charge on any atom is -0.463 e. The normalized spacial score (nSPS) is 12.3. The van der Waals surface area contributed by atoms with Gasteiger partial charge in [0.05, 0.1) is 6.61 Å². The van der Waals surface area contributed by atoms with Crippen LogP contribution in [0.15, 0.2) is 0 Å². The second-order valence-electron chi connectivity index (χ2n) is 6.72. The van der Waals surface area contributed by atoms with Crippen molar-refractivity contribution in [3.05, 3.63) is 0 Å². The summed E-state index contributed by atoms with van der Waals surface area (Å²) < 4.78 is 10.0. The summed E-state index contributed by atoms with van der Waals surface area (Å²) in [5.74, 6) is -0.187. The van der Waals surface area contributed by atoms with E-state index in [2.05, 4.69) is 6.92 Å². The van der Waals surface area contributed by atoms with Crippen molar-refractivity contribution in [2.75, 3.05) is 20.3 Å². The summed E-state index contributed by atoms with van der Waals surface area (Å²) >= 11 is 0. The number of carbonyl (C=O) groups is 1. The van der Waals surface area contributed by atoms with Crippen LogP contribution < -0.4 is 0 Å². The summed E-state index contributed by atoms with van der Waals surface area (Å²) in [7, 11) is 1.50. The van der Waals surface area contributed by atoms with Crippen molar-refractivity contribution in [3.8, 4) is 0 Å². The van der Waals surface area contributed by atoms with E-state index >= 15 is 0 Å². The lowest BCUT2D eigenvalue weighted by Crippen LogP contribution is -2.24. The van der Waals surface area contributed by atoms with E-state index in [1.165, 1.54) is 77.7 Å². The number of unbranched alkanes of at least 4 members (excludes halogenated alkanes) is 12. The van der Waals surface area contributed by atoms with E-state index < -0.39 is 6.10 Å². The first-order chi connectivity index (χ1) is 11.7. The van der Waals surface area contributed by atoms with Crippen molar-refractivity contribution in [3.63, 3.8) is 0 Å². The SMILES string of the molecule is CCCCCCCCCCCCCCCC(=O)OCC(CO)OC. The van der Waals surface area contributed by atoms with E-state index in [0.29, 0.717) is 6.42 Å². The Labute approximate surface area is 149 Å². The van der Waals surface area contributed by atoms with Crippen LogP contribution in [0.5, 0.6) is 0 Å². The average molecular weight is 345 g/mol. The highest BCUT2D eigenvalue weighted by atomic mass is 16.6. The molecule has 1 unspecified atom stereocenters. The van der Waals surface area contributed by atoms with Crippen LogP contribution in [0.1, 0.15) is 96.8 Å². The Balaban J connectivity index is 3.20. The Morgan fingerprint density at radius 2 is 1.29 bits per heavy atom. The molecule has 0 aliphatic heterocycles. The molecule has 0 spiro atoms. The maximum absolute atomic E-state index is 11.5. The maximum atomic E-state index is 11.5. The van der Waals surface area contributed by atoms with Crippen molar-refractivity contribution >= 4 is 5.97 Å². The zero-order valence-corrected chi connectivity index (χ0v) is 16.1. The molecule has 0 aromatic rings. The van der Waals surface area contributed by atoms with E-state index in [4.69, 9.17) is 14.6 Å². The lowest BCUT2D eigenvalue weighted by Gasteiger charge is -2.12. The first kappa shape index (κ1) is 23.4. The molecule has 144 valence electrons. The van der Waals surface area contributed by atoms with Gasteiger partial charge in [-0.1, -0.05) is 84.0 Å². The van der Waals surface area contributed by atoms with Gasteiger partial charge in [-0.3, -0.25) is 4.79 Å². The van der Waals surface area contributed by atoms with Crippen LogP contribution in [0.25, 0.3) is 0 Å². The van der Waals surface area contributed by atoms with Crippen molar-refractivity contribution in [2.45, 2.75) is 103 Å². The van der Waals surface area contributed by atoms with Crippen LogP contribution in [0, 0.1) is 0 Å². The number of hydrogen-bond acceptors (Lipinski definition) is 4. The molecule has 0 rings (SSSR count). The van der Waals surface area contributed by atoms with Gasteiger partial charge < -0.3 is 14.6 Å². The second-order valence-corrected chi connectivity index (χ2v) is 6.72. The zero-order chi connectivity index (χ0) is 17.9. The summed E-state index contributed by atoms with van der Waals surface area (Å²) in [5.41, 5.74) is 0. The molecule has 0 aliphatic rings. The van der Waals surface area contributed by atoms with E-state index in [0.717, 1.165) is 12.8 Å². The monoisotopic (exact) mass is 344 g/mol. The van der Waals surface area contributed by atoms with Crippen molar-refractivity contribution < 1.29 is 19.4 Å². The summed E-state index contributed by atoms with van der Waals surface area (Å²) in [6.07, 6.45) is 16.9. The highest BCUT2D eigenvalue weighted by Gasteiger charge is 2.09. The first-order valence-corrected chi connectivity index (χ1v) is 10.0. The number of esters is 1. The Kier molecular flexibility index (Phi) is 18.2. The van der Waals surface area contributed by atoms with Gasteiger partial charge in [0.25, 0.3) is 0 Å². The summed E-state index contributed by atoms with van der Waals surface area (Å²) in [6, 6.07) is 0. The molecule has 24 heavy (non-hydrogen) atoms. The molecule has 0 heterocycles. The van der Waals surface area contributed by atoms with Gasteiger partial charge in [-0.15, -0.1) is 0 Å². The smallest absolute Gasteiger partial charge is 0.305 e. The quantitative estimate of drug-likeness (QED) is 0.280. The number of ether oxygens (including phenoxy) is 2. The molecule has 1 N–H and O–H groups in total. The van der Waals surface area contributed by atoms with Gasteiger partial charge in [0.15, 0.2) is 0 Å². The first-order valence-electron chi connectivity index (χ1n) is 10.0. The number of aliphatic hydroxyl groups is 1. The topological polar surface area (TPSA) is 55.8 Å². The third-order valence-electron chi connectivity index (χ3n) is 4.45. The van der Waals surface area contributed by atoms with Gasteiger partial charge in [0.2, 0.25) is 0 Å². The number of rotatable bonds is 18. The predicted molar refractivity (Wildman–Crippen MR) is 99.2 cm³/mol. The third-order valence-corrected chi connectivity index (χ3v) is 4.45. The second kappa shape index (κ2) is 18.7. The lowest BCUT2D eigenvalue weighted by molar-refractivity contribution is -0.148. The van der Waals surface area contributed by atoms with Gasteiger partial charge in [-0.25, -0.2) is 0 Å². The largest absolute Gasteiger partial charge is 0.463 e. The summed E-state index contributed by atoms with van der Waals surface area (Å²) in [4.78, 5) is 11.5.